The number of aromatic amines is 1. The smallest absolute Gasteiger partial charge is 0.223 e. The van der Waals surface area contributed by atoms with Crippen LogP contribution in [-0.4, -0.2) is 29.4 Å². The van der Waals surface area contributed by atoms with E-state index in [-0.39, 0.29) is 11.9 Å². The van der Waals surface area contributed by atoms with Crippen LogP contribution in [0.5, 0.6) is 5.75 Å². The number of aromatic nitrogens is 1. The second-order valence-electron chi connectivity index (χ2n) is 8.06. The molecule has 4 heteroatoms. The Labute approximate surface area is 182 Å². The van der Waals surface area contributed by atoms with Gasteiger partial charge in [-0.05, 0) is 47.7 Å². The lowest BCUT2D eigenvalue weighted by atomic mass is 9.91. The minimum absolute atomic E-state index is 0.120. The molecule has 156 valence electrons. The molecule has 4 nitrogen and oxygen atoms in total. The topological polar surface area (TPSA) is 45.3 Å². The maximum Gasteiger partial charge on any atom is 0.223 e. The fraction of sp³-hybridized carbons (Fsp3) is 0.222. The molecule has 1 N–H and O–H groups in total. The number of carbonyl (C=O) groups is 1. The fourth-order valence-corrected chi connectivity index (χ4v) is 4.68. The average Bonchev–Trinajstić information content (AvgIpc) is 3.21. The van der Waals surface area contributed by atoms with E-state index in [0.717, 1.165) is 41.9 Å². The lowest BCUT2D eigenvalue weighted by Gasteiger charge is -2.36. The van der Waals surface area contributed by atoms with Crippen molar-refractivity contribution in [1.29, 1.82) is 0 Å². The summed E-state index contributed by atoms with van der Waals surface area (Å²) in [5.41, 5.74) is 5.88. The fourth-order valence-electron chi connectivity index (χ4n) is 4.68. The molecule has 3 aromatic carbocycles. The van der Waals surface area contributed by atoms with E-state index in [9.17, 15) is 4.79 Å². The molecule has 1 aliphatic rings. The Bertz CT molecular complexity index is 1200. The number of nitrogens with zero attached hydrogens (tertiary/aromatic N) is 1. The highest BCUT2D eigenvalue weighted by molar-refractivity contribution is 5.86. The molecule has 4 aromatic rings. The van der Waals surface area contributed by atoms with Crippen LogP contribution in [0.2, 0.25) is 0 Å². The number of H-pyrrole nitrogens is 1. The van der Waals surface area contributed by atoms with Crippen LogP contribution in [0.4, 0.5) is 0 Å². The number of aryl methyl sites for hydroxylation is 1. The highest BCUT2D eigenvalue weighted by Gasteiger charge is 2.34. The maximum atomic E-state index is 13.4. The standard InChI is InChI=1S/C27H26N2O2/c1-31-21-14-12-20(13-15-21)27-26-23(22-9-5-6-10-24(22)28-26)17-18-29(27)25(30)16-11-19-7-3-2-4-8-19/h2-10,12-15,27-28H,11,16-18H2,1H3. The van der Waals surface area contributed by atoms with Crippen molar-refractivity contribution in [2.45, 2.75) is 25.3 Å². The molecule has 0 radical (unpaired) electrons. The van der Waals surface area contributed by atoms with Gasteiger partial charge in [0.05, 0.1) is 13.2 Å². The number of hydrogen-bond donors (Lipinski definition) is 1. The Morgan fingerprint density at radius 2 is 1.74 bits per heavy atom. The van der Waals surface area contributed by atoms with E-state index in [0.29, 0.717) is 6.42 Å². The van der Waals surface area contributed by atoms with Crippen molar-refractivity contribution in [2.75, 3.05) is 13.7 Å². The van der Waals surface area contributed by atoms with Crippen molar-refractivity contribution >= 4 is 16.8 Å². The van der Waals surface area contributed by atoms with Crippen LogP contribution in [0, 0.1) is 0 Å². The number of ether oxygens (including phenoxy) is 1. The monoisotopic (exact) mass is 410 g/mol. The zero-order valence-corrected chi connectivity index (χ0v) is 17.7. The summed E-state index contributed by atoms with van der Waals surface area (Å²) in [4.78, 5) is 19.1. The minimum atomic E-state index is -0.120. The molecule has 5 rings (SSSR count). The molecule has 0 saturated heterocycles. The molecule has 31 heavy (non-hydrogen) atoms. The largest absolute Gasteiger partial charge is 0.497 e. The van der Waals surface area contributed by atoms with Crippen LogP contribution in [0.15, 0.2) is 78.9 Å². The molecular formula is C27H26N2O2. The maximum absolute atomic E-state index is 13.4. The number of rotatable bonds is 5. The number of nitrogens with one attached hydrogen (secondary N) is 1. The normalized spacial score (nSPS) is 15.6. The van der Waals surface area contributed by atoms with Gasteiger partial charge in [-0.2, -0.15) is 0 Å². The second-order valence-corrected chi connectivity index (χ2v) is 8.06. The van der Waals surface area contributed by atoms with E-state index < -0.39 is 0 Å². The Morgan fingerprint density at radius 1 is 1.00 bits per heavy atom. The van der Waals surface area contributed by atoms with Gasteiger partial charge in [-0.25, -0.2) is 0 Å². The third-order valence-electron chi connectivity index (χ3n) is 6.26. The molecule has 2 heterocycles. The van der Waals surface area contributed by atoms with Crippen LogP contribution in [0.3, 0.4) is 0 Å². The Balaban J connectivity index is 1.51. The van der Waals surface area contributed by atoms with Gasteiger partial charge in [0.15, 0.2) is 0 Å². The van der Waals surface area contributed by atoms with E-state index in [4.69, 9.17) is 4.74 Å². The van der Waals surface area contributed by atoms with Crippen molar-refractivity contribution in [1.82, 2.24) is 9.88 Å². The number of amides is 1. The van der Waals surface area contributed by atoms with Crippen LogP contribution in [0.25, 0.3) is 10.9 Å². The summed E-state index contributed by atoms with van der Waals surface area (Å²) in [5, 5.41) is 1.26. The summed E-state index contributed by atoms with van der Waals surface area (Å²) in [7, 11) is 1.67. The zero-order chi connectivity index (χ0) is 21.2. The number of hydrogen-bond acceptors (Lipinski definition) is 2. The van der Waals surface area contributed by atoms with E-state index in [1.54, 1.807) is 7.11 Å². The van der Waals surface area contributed by atoms with Crippen LogP contribution in [0.1, 0.15) is 34.8 Å². The molecule has 0 spiro atoms. The van der Waals surface area contributed by atoms with Gasteiger partial charge in [0.2, 0.25) is 5.91 Å². The predicted molar refractivity (Wildman–Crippen MR) is 123 cm³/mol. The Kier molecular flexibility index (Phi) is 5.21. The Morgan fingerprint density at radius 3 is 2.52 bits per heavy atom. The average molecular weight is 411 g/mol. The summed E-state index contributed by atoms with van der Waals surface area (Å²) in [6.45, 7) is 0.721. The van der Waals surface area contributed by atoms with Crippen molar-refractivity contribution < 1.29 is 9.53 Å². The quantitative estimate of drug-likeness (QED) is 0.486. The summed E-state index contributed by atoms with van der Waals surface area (Å²) in [6, 6.07) is 26.6. The molecule has 1 atom stereocenters. The molecule has 1 unspecified atom stereocenters. The van der Waals surface area contributed by atoms with Gasteiger partial charge in [-0.3, -0.25) is 4.79 Å². The molecular weight excluding hydrogens is 384 g/mol. The van der Waals surface area contributed by atoms with Gasteiger partial charge in [-0.15, -0.1) is 0 Å². The van der Waals surface area contributed by atoms with Gasteiger partial charge in [-0.1, -0.05) is 60.7 Å². The molecule has 0 fully saturated rings. The summed E-state index contributed by atoms with van der Waals surface area (Å²) in [5.74, 6) is 1.01. The third kappa shape index (κ3) is 3.70. The SMILES string of the molecule is COc1ccc(C2c3[nH]c4ccccc4c3CCN2C(=O)CCc2ccccc2)cc1. The van der Waals surface area contributed by atoms with Gasteiger partial charge in [0.25, 0.3) is 0 Å². The number of fused-ring (bicyclic) bond motifs is 3. The first kappa shape index (κ1) is 19.4. The first-order valence-corrected chi connectivity index (χ1v) is 10.8. The first-order chi connectivity index (χ1) is 15.2. The van der Waals surface area contributed by atoms with Crippen LogP contribution >= 0.6 is 0 Å². The van der Waals surface area contributed by atoms with Crippen LogP contribution < -0.4 is 4.74 Å². The number of benzene rings is 3. The molecule has 1 amide bonds. The lowest BCUT2D eigenvalue weighted by Crippen LogP contribution is -2.40. The summed E-state index contributed by atoms with van der Waals surface area (Å²) < 4.78 is 5.35. The highest BCUT2D eigenvalue weighted by atomic mass is 16.5. The van der Waals surface area contributed by atoms with Crippen molar-refractivity contribution in [3.05, 3.63) is 101 Å². The number of carbonyl (C=O) groups excluding carboxylic acids is 1. The van der Waals surface area contributed by atoms with Gasteiger partial charge >= 0.3 is 0 Å². The molecule has 1 aliphatic heterocycles. The van der Waals surface area contributed by atoms with Crippen molar-refractivity contribution in [3.63, 3.8) is 0 Å². The van der Waals surface area contributed by atoms with Crippen molar-refractivity contribution in [3.8, 4) is 5.75 Å². The van der Waals surface area contributed by atoms with E-state index >= 15 is 0 Å². The second kappa shape index (κ2) is 8.31. The number of para-hydroxylation sites is 1. The first-order valence-electron chi connectivity index (χ1n) is 10.8. The molecule has 1 aromatic heterocycles. The summed E-state index contributed by atoms with van der Waals surface area (Å²) >= 11 is 0. The van der Waals surface area contributed by atoms with Gasteiger partial charge in [0, 0.05) is 29.6 Å². The van der Waals surface area contributed by atoms with Crippen LogP contribution in [-0.2, 0) is 17.6 Å². The summed E-state index contributed by atoms with van der Waals surface area (Å²) in [6.07, 6.45) is 2.13. The minimum Gasteiger partial charge on any atom is -0.497 e. The predicted octanol–water partition coefficient (Wildman–Crippen LogP) is 5.28. The van der Waals surface area contributed by atoms with Gasteiger partial charge < -0.3 is 14.6 Å². The zero-order valence-electron chi connectivity index (χ0n) is 17.7. The highest BCUT2D eigenvalue weighted by Crippen LogP contribution is 2.39. The van der Waals surface area contributed by atoms with E-state index in [2.05, 4.69) is 53.5 Å². The molecule has 0 bridgehead atoms. The molecule has 0 aliphatic carbocycles. The van der Waals surface area contributed by atoms with Crippen molar-refractivity contribution in [2.24, 2.45) is 0 Å². The third-order valence-corrected chi connectivity index (χ3v) is 6.26. The Hall–Kier alpha value is -3.53. The molecule has 0 saturated carbocycles. The number of methoxy groups -OCH3 is 1. The van der Waals surface area contributed by atoms with Gasteiger partial charge in [0.1, 0.15) is 5.75 Å². The van der Waals surface area contributed by atoms with E-state index in [1.807, 2.05) is 35.2 Å². The van der Waals surface area contributed by atoms with E-state index in [1.165, 1.54) is 16.5 Å². The lowest BCUT2D eigenvalue weighted by molar-refractivity contribution is -0.133.